The van der Waals surface area contributed by atoms with Crippen LogP contribution in [0.3, 0.4) is 0 Å². The van der Waals surface area contributed by atoms with Crippen molar-refractivity contribution in [1.82, 2.24) is 10.6 Å². The van der Waals surface area contributed by atoms with Crippen LogP contribution in [0.2, 0.25) is 0 Å². The monoisotopic (exact) mass is 265 g/mol. The highest BCUT2D eigenvalue weighted by molar-refractivity contribution is 5.96. The van der Waals surface area contributed by atoms with E-state index in [2.05, 4.69) is 10.6 Å². The Hall–Kier alpha value is -2.24. The molecule has 1 unspecified atom stereocenters. The average molecular weight is 265 g/mol. The SMILES string of the molecule is CNC(=O)NC(=O)C(C)Oc1cc(N)c(C)cc1C. The molecule has 1 rings (SSSR count). The molecule has 1 aromatic carbocycles. The smallest absolute Gasteiger partial charge is 0.321 e. The molecular formula is C13H19N3O3. The zero-order valence-corrected chi connectivity index (χ0v) is 11.5. The second-order valence-electron chi connectivity index (χ2n) is 4.30. The maximum atomic E-state index is 11.7. The largest absolute Gasteiger partial charge is 0.481 e. The molecule has 1 atom stereocenters. The minimum absolute atomic E-state index is 0.516. The van der Waals surface area contributed by atoms with Crippen molar-refractivity contribution in [3.05, 3.63) is 23.3 Å². The summed E-state index contributed by atoms with van der Waals surface area (Å²) in [5, 5.41) is 4.45. The van der Waals surface area contributed by atoms with E-state index in [-0.39, 0.29) is 0 Å². The van der Waals surface area contributed by atoms with E-state index < -0.39 is 18.0 Å². The number of nitrogen functional groups attached to an aromatic ring is 1. The Morgan fingerprint density at radius 1 is 1.26 bits per heavy atom. The molecule has 6 nitrogen and oxygen atoms in total. The summed E-state index contributed by atoms with van der Waals surface area (Å²) in [7, 11) is 1.43. The Kier molecular flexibility index (Phi) is 4.74. The molecule has 6 heteroatoms. The first-order valence-electron chi connectivity index (χ1n) is 5.91. The first-order chi connectivity index (χ1) is 8.85. The van der Waals surface area contributed by atoms with Crippen molar-refractivity contribution in [1.29, 1.82) is 0 Å². The summed E-state index contributed by atoms with van der Waals surface area (Å²) in [6.45, 7) is 5.33. The molecule has 0 saturated carbocycles. The zero-order chi connectivity index (χ0) is 14.6. The lowest BCUT2D eigenvalue weighted by Crippen LogP contribution is -2.44. The second kappa shape index (κ2) is 6.08. The fourth-order valence-electron chi connectivity index (χ4n) is 1.50. The minimum Gasteiger partial charge on any atom is -0.481 e. The van der Waals surface area contributed by atoms with E-state index in [1.807, 2.05) is 19.9 Å². The summed E-state index contributed by atoms with van der Waals surface area (Å²) < 4.78 is 5.52. The molecule has 1 aromatic rings. The number of nitrogens with one attached hydrogen (secondary N) is 2. The molecule has 0 aliphatic carbocycles. The van der Waals surface area contributed by atoms with Crippen LogP contribution in [0.5, 0.6) is 5.75 Å². The molecule has 0 aromatic heterocycles. The average Bonchev–Trinajstić information content (AvgIpc) is 2.35. The molecule has 0 aliphatic heterocycles. The highest BCUT2D eigenvalue weighted by atomic mass is 16.5. The Labute approximate surface area is 112 Å². The normalized spacial score (nSPS) is 11.6. The highest BCUT2D eigenvalue weighted by Gasteiger charge is 2.18. The number of amides is 3. The van der Waals surface area contributed by atoms with Gasteiger partial charge in [-0.05, 0) is 31.9 Å². The molecule has 3 amide bonds. The van der Waals surface area contributed by atoms with Gasteiger partial charge in [0, 0.05) is 18.8 Å². The number of hydrogen-bond acceptors (Lipinski definition) is 4. The van der Waals surface area contributed by atoms with Gasteiger partial charge in [0.25, 0.3) is 5.91 Å². The number of carbonyl (C=O) groups is 2. The molecule has 104 valence electrons. The van der Waals surface area contributed by atoms with E-state index in [0.717, 1.165) is 11.1 Å². The van der Waals surface area contributed by atoms with E-state index in [4.69, 9.17) is 10.5 Å². The number of hydrogen-bond donors (Lipinski definition) is 3. The summed E-state index contributed by atoms with van der Waals surface area (Å²) in [5.74, 6) is 0.0144. The van der Waals surface area contributed by atoms with Crippen LogP contribution in [-0.4, -0.2) is 25.1 Å². The van der Waals surface area contributed by atoms with E-state index >= 15 is 0 Å². The number of urea groups is 1. The molecule has 19 heavy (non-hydrogen) atoms. The summed E-state index contributed by atoms with van der Waals surface area (Å²) >= 11 is 0. The van der Waals surface area contributed by atoms with Crippen molar-refractivity contribution >= 4 is 17.6 Å². The second-order valence-corrected chi connectivity index (χ2v) is 4.30. The van der Waals surface area contributed by atoms with Crippen molar-refractivity contribution in [3.8, 4) is 5.75 Å². The number of aryl methyl sites for hydroxylation is 2. The molecule has 0 saturated heterocycles. The van der Waals surface area contributed by atoms with Crippen molar-refractivity contribution < 1.29 is 14.3 Å². The van der Waals surface area contributed by atoms with Crippen LogP contribution >= 0.6 is 0 Å². The molecule has 4 N–H and O–H groups in total. The van der Waals surface area contributed by atoms with Gasteiger partial charge in [0.1, 0.15) is 5.75 Å². The number of anilines is 1. The summed E-state index contributed by atoms with van der Waals surface area (Å²) in [6, 6.07) is 2.99. The maximum absolute atomic E-state index is 11.7. The van der Waals surface area contributed by atoms with Gasteiger partial charge in [-0.15, -0.1) is 0 Å². The third kappa shape index (κ3) is 3.87. The number of imide groups is 1. The lowest BCUT2D eigenvalue weighted by Gasteiger charge is -2.16. The van der Waals surface area contributed by atoms with E-state index in [0.29, 0.717) is 11.4 Å². The van der Waals surface area contributed by atoms with Gasteiger partial charge in [0.05, 0.1) is 0 Å². The first kappa shape index (κ1) is 14.8. The summed E-state index contributed by atoms with van der Waals surface area (Å²) in [4.78, 5) is 22.7. The Morgan fingerprint density at radius 3 is 2.47 bits per heavy atom. The zero-order valence-electron chi connectivity index (χ0n) is 11.5. The maximum Gasteiger partial charge on any atom is 0.321 e. The van der Waals surface area contributed by atoms with Gasteiger partial charge in [0.2, 0.25) is 0 Å². The lowest BCUT2D eigenvalue weighted by molar-refractivity contribution is -0.126. The third-order valence-electron chi connectivity index (χ3n) is 2.70. The van der Waals surface area contributed by atoms with Gasteiger partial charge in [-0.1, -0.05) is 6.07 Å². The van der Waals surface area contributed by atoms with Gasteiger partial charge >= 0.3 is 6.03 Å². The molecule has 0 aliphatic rings. The molecular weight excluding hydrogens is 246 g/mol. The number of ether oxygens (including phenoxy) is 1. The summed E-state index contributed by atoms with van der Waals surface area (Å²) in [5.41, 5.74) is 8.23. The van der Waals surface area contributed by atoms with Crippen LogP contribution < -0.4 is 21.1 Å². The number of carbonyl (C=O) groups excluding carboxylic acids is 2. The third-order valence-corrected chi connectivity index (χ3v) is 2.70. The van der Waals surface area contributed by atoms with Crippen LogP contribution in [-0.2, 0) is 4.79 Å². The van der Waals surface area contributed by atoms with Gasteiger partial charge in [-0.3, -0.25) is 10.1 Å². The van der Waals surface area contributed by atoms with Gasteiger partial charge < -0.3 is 15.8 Å². The predicted molar refractivity (Wildman–Crippen MR) is 73.0 cm³/mol. The van der Waals surface area contributed by atoms with E-state index in [1.165, 1.54) is 7.05 Å². The Bertz CT molecular complexity index is 500. The molecule has 0 spiro atoms. The van der Waals surface area contributed by atoms with Crippen LogP contribution in [0.25, 0.3) is 0 Å². The van der Waals surface area contributed by atoms with E-state index in [1.54, 1.807) is 13.0 Å². The lowest BCUT2D eigenvalue weighted by atomic mass is 10.1. The van der Waals surface area contributed by atoms with Crippen molar-refractivity contribution in [2.75, 3.05) is 12.8 Å². The Morgan fingerprint density at radius 2 is 1.89 bits per heavy atom. The minimum atomic E-state index is -0.793. The van der Waals surface area contributed by atoms with Crippen molar-refractivity contribution in [2.24, 2.45) is 0 Å². The van der Waals surface area contributed by atoms with Gasteiger partial charge in [-0.2, -0.15) is 0 Å². The first-order valence-corrected chi connectivity index (χ1v) is 5.91. The predicted octanol–water partition coefficient (Wildman–Crippen LogP) is 1.11. The van der Waals surface area contributed by atoms with Crippen LogP contribution in [0.1, 0.15) is 18.1 Å². The fourth-order valence-corrected chi connectivity index (χ4v) is 1.50. The number of nitrogens with two attached hydrogens (primary N) is 1. The quantitative estimate of drug-likeness (QED) is 0.714. The van der Waals surface area contributed by atoms with E-state index in [9.17, 15) is 9.59 Å². The van der Waals surface area contributed by atoms with Gasteiger partial charge in [0.15, 0.2) is 6.10 Å². The van der Waals surface area contributed by atoms with Crippen LogP contribution in [0.4, 0.5) is 10.5 Å². The number of benzene rings is 1. The topological polar surface area (TPSA) is 93.5 Å². The molecule has 0 fully saturated rings. The summed E-state index contributed by atoms with van der Waals surface area (Å²) in [6.07, 6.45) is -0.793. The highest BCUT2D eigenvalue weighted by Crippen LogP contribution is 2.25. The molecule has 0 radical (unpaired) electrons. The van der Waals surface area contributed by atoms with Gasteiger partial charge in [-0.25, -0.2) is 4.79 Å². The Balaban J connectivity index is 2.77. The van der Waals surface area contributed by atoms with Crippen LogP contribution in [0.15, 0.2) is 12.1 Å². The molecule has 0 bridgehead atoms. The standard InChI is InChI=1S/C13H19N3O3/c1-7-5-8(2)11(6-10(7)14)19-9(3)12(17)16-13(18)15-4/h5-6,9H,14H2,1-4H3,(H2,15,16,17,18). The van der Waals surface area contributed by atoms with Crippen molar-refractivity contribution in [3.63, 3.8) is 0 Å². The molecule has 0 heterocycles. The fraction of sp³-hybridized carbons (Fsp3) is 0.385. The van der Waals surface area contributed by atoms with Crippen molar-refractivity contribution in [2.45, 2.75) is 26.9 Å². The number of rotatable bonds is 3. The van der Waals surface area contributed by atoms with Crippen LogP contribution in [0, 0.1) is 13.8 Å².